The topological polar surface area (TPSA) is 121 Å². The van der Waals surface area contributed by atoms with Gasteiger partial charge < -0.3 is 19.2 Å². The number of nitrogens with one attached hydrogen (secondary N) is 1. The van der Waals surface area contributed by atoms with E-state index in [1.807, 2.05) is 6.92 Å². The molecular formula is C21H20N2O7. The first-order valence-electron chi connectivity index (χ1n) is 9.18. The number of nitro benzene ring substituents is 1. The largest absolute Gasteiger partial charge is 0.494 e. The molecule has 2 aromatic carbocycles. The number of carbonyl (C=O) groups excluding carboxylic acids is 2. The lowest BCUT2D eigenvalue weighted by atomic mass is 10.1. The third kappa shape index (κ3) is 4.40. The summed E-state index contributed by atoms with van der Waals surface area (Å²) in [4.78, 5) is 34.9. The lowest BCUT2D eigenvalue weighted by Gasteiger charge is -2.08. The number of hydrogen-bond donors (Lipinski definition) is 1. The van der Waals surface area contributed by atoms with Gasteiger partial charge in [0.2, 0.25) is 5.76 Å². The van der Waals surface area contributed by atoms with E-state index < -0.39 is 23.4 Å². The molecule has 0 aliphatic carbocycles. The van der Waals surface area contributed by atoms with Crippen LogP contribution < -0.4 is 10.1 Å². The fraction of sp³-hybridized carbons (Fsp3) is 0.238. The van der Waals surface area contributed by atoms with Crippen LogP contribution in [0.5, 0.6) is 5.75 Å². The van der Waals surface area contributed by atoms with Gasteiger partial charge in [0.1, 0.15) is 11.3 Å². The zero-order chi connectivity index (χ0) is 21.8. The van der Waals surface area contributed by atoms with Gasteiger partial charge in [-0.05, 0) is 44.5 Å². The second-order valence-electron chi connectivity index (χ2n) is 6.53. The Kier molecular flexibility index (Phi) is 6.01. The SMILES string of the molecule is CCOc1ccc2oc(C(=O)OCC(=O)Nc3cc([N+](=O)[O-])ccc3C)c(C)c2c1. The maximum absolute atomic E-state index is 12.4. The van der Waals surface area contributed by atoms with Crippen molar-refractivity contribution in [1.82, 2.24) is 0 Å². The normalized spacial score (nSPS) is 10.6. The Morgan fingerprint density at radius 2 is 1.93 bits per heavy atom. The number of rotatable bonds is 7. The molecule has 9 nitrogen and oxygen atoms in total. The summed E-state index contributed by atoms with van der Waals surface area (Å²) in [6.45, 7) is 5.22. The summed E-state index contributed by atoms with van der Waals surface area (Å²) < 4.78 is 16.1. The molecule has 156 valence electrons. The smallest absolute Gasteiger partial charge is 0.375 e. The van der Waals surface area contributed by atoms with Gasteiger partial charge in [-0.2, -0.15) is 0 Å². The van der Waals surface area contributed by atoms with Crippen LogP contribution >= 0.6 is 0 Å². The van der Waals surface area contributed by atoms with Crippen molar-refractivity contribution in [3.8, 4) is 5.75 Å². The highest BCUT2D eigenvalue weighted by Gasteiger charge is 2.21. The number of esters is 1. The third-order valence-electron chi connectivity index (χ3n) is 4.44. The Balaban J connectivity index is 1.68. The van der Waals surface area contributed by atoms with Gasteiger partial charge in [0.25, 0.3) is 11.6 Å². The molecular weight excluding hydrogens is 392 g/mol. The molecule has 0 saturated heterocycles. The van der Waals surface area contributed by atoms with E-state index in [2.05, 4.69) is 5.32 Å². The van der Waals surface area contributed by atoms with Gasteiger partial charge in [-0.3, -0.25) is 14.9 Å². The van der Waals surface area contributed by atoms with Gasteiger partial charge in [0, 0.05) is 23.1 Å². The summed E-state index contributed by atoms with van der Waals surface area (Å²) in [6, 6.07) is 9.31. The van der Waals surface area contributed by atoms with Crippen LogP contribution in [-0.4, -0.2) is 30.0 Å². The summed E-state index contributed by atoms with van der Waals surface area (Å²) in [5.41, 5.74) is 1.83. The number of nitrogens with zero attached hydrogens (tertiary/aromatic N) is 1. The zero-order valence-corrected chi connectivity index (χ0v) is 16.7. The number of furan rings is 1. The van der Waals surface area contributed by atoms with Gasteiger partial charge >= 0.3 is 5.97 Å². The monoisotopic (exact) mass is 412 g/mol. The molecule has 1 amide bonds. The molecule has 1 aromatic heterocycles. The van der Waals surface area contributed by atoms with Crippen molar-refractivity contribution in [2.45, 2.75) is 20.8 Å². The minimum atomic E-state index is -0.785. The van der Waals surface area contributed by atoms with Crippen molar-refractivity contribution >= 4 is 34.2 Å². The minimum Gasteiger partial charge on any atom is -0.494 e. The van der Waals surface area contributed by atoms with E-state index in [0.717, 1.165) is 0 Å². The molecule has 1 N–H and O–H groups in total. The molecule has 0 atom stereocenters. The summed E-state index contributed by atoms with van der Waals surface area (Å²) in [7, 11) is 0. The maximum Gasteiger partial charge on any atom is 0.375 e. The number of benzene rings is 2. The predicted molar refractivity (Wildman–Crippen MR) is 109 cm³/mol. The Hall–Kier alpha value is -3.88. The molecule has 0 radical (unpaired) electrons. The first-order chi connectivity index (χ1) is 14.3. The van der Waals surface area contributed by atoms with Crippen LogP contribution in [0.4, 0.5) is 11.4 Å². The number of hydrogen-bond acceptors (Lipinski definition) is 7. The second-order valence-corrected chi connectivity index (χ2v) is 6.53. The van der Waals surface area contributed by atoms with Gasteiger partial charge in [-0.15, -0.1) is 0 Å². The highest BCUT2D eigenvalue weighted by molar-refractivity contribution is 5.98. The van der Waals surface area contributed by atoms with Gasteiger partial charge in [0.05, 0.1) is 17.2 Å². The number of nitro groups is 1. The van der Waals surface area contributed by atoms with E-state index in [1.54, 1.807) is 32.0 Å². The molecule has 0 saturated carbocycles. The molecule has 0 bridgehead atoms. The molecule has 0 aliphatic heterocycles. The number of carbonyl (C=O) groups is 2. The van der Waals surface area contributed by atoms with Gasteiger partial charge in [-0.25, -0.2) is 4.79 Å². The molecule has 30 heavy (non-hydrogen) atoms. The quantitative estimate of drug-likeness (QED) is 0.351. The first kappa shape index (κ1) is 20.8. The molecule has 3 rings (SSSR count). The molecule has 9 heteroatoms. The van der Waals surface area contributed by atoms with Crippen molar-refractivity contribution in [2.24, 2.45) is 0 Å². The molecule has 0 aliphatic rings. The van der Waals surface area contributed by atoms with Gasteiger partial charge in [0.15, 0.2) is 6.61 Å². The fourth-order valence-corrected chi connectivity index (χ4v) is 2.89. The highest BCUT2D eigenvalue weighted by atomic mass is 16.6. The summed E-state index contributed by atoms with van der Waals surface area (Å²) in [5.74, 6) is -0.759. The standard InChI is InChI=1S/C21H20N2O7/c1-4-28-15-7-8-18-16(10-15)13(3)20(30-18)21(25)29-11-19(24)22-17-9-14(23(26)27)6-5-12(17)2/h5-10H,4,11H2,1-3H3,(H,22,24). The summed E-state index contributed by atoms with van der Waals surface area (Å²) in [5, 5.41) is 14.1. The Morgan fingerprint density at radius 3 is 2.63 bits per heavy atom. The first-order valence-corrected chi connectivity index (χ1v) is 9.18. The fourth-order valence-electron chi connectivity index (χ4n) is 2.89. The van der Waals surface area contributed by atoms with Crippen molar-refractivity contribution in [3.05, 3.63) is 63.4 Å². The van der Waals surface area contributed by atoms with Crippen LogP contribution in [0.15, 0.2) is 40.8 Å². The van der Waals surface area contributed by atoms with E-state index in [1.165, 1.54) is 18.2 Å². The number of non-ortho nitro benzene ring substituents is 1. The van der Waals surface area contributed by atoms with Crippen molar-refractivity contribution in [3.63, 3.8) is 0 Å². The molecule has 0 spiro atoms. The van der Waals surface area contributed by atoms with Crippen LogP contribution in [0.2, 0.25) is 0 Å². The number of fused-ring (bicyclic) bond motifs is 1. The Morgan fingerprint density at radius 1 is 1.17 bits per heavy atom. The van der Waals surface area contributed by atoms with Crippen LogP contribution in [0.3, 0.4) is 0 Å². The van der Waals surface area contributed by atoms with E-state index >= 15 is 0 Å². The average Bonchev–Trinajstić information content (AvgIpc) is 3.04. The summed E-state index contributed by atoms with van der Waals surface area (Å²) in [6.07, 6.45) is 0. The lowest BCUT2D eigenvalue weighted by Crippen LogP contribution is -2.21. The predicted octanol–water partition coefficient (Wildman–Crippen LogP) is 4.15. The van der Waals surface area contributed by atoms with Crippen LogP contribution in [-0.2, 0) is 9.53 Å². The number of anilines is 1. The van der Waals surface area contributed by atoms with Crippen molar-refractivity contribution in [1.29, 1.82) is 0 Å². The van der Waals surface area contributed by atoms with Crippen LogP contribution in [0, 0.1) is 24.0 Å². The van der Waals surface area contributed by atoms with Gasteiger partial charge in [-0.1, -0.05) is 6.07 Å². The molecule has 0 unspecified atom stereocenters. The average molecular weight is 412 g/mol. The third-order valence-corrected chi connectivity index (χ3v) is 4.44. The Labute approximate surface area is 171 Å². The molecule has 1 heterocycles. The van der Waals surface area contributed by atoms with E-state index in [0.29, 0.717) is 34.5 Å². The van der Waals surface area contributed by atoms with Crippen LogP contribution in [0.25, 0.3) is 11.0 Å². The minimum absolute atomic E-state index is 0.00187. The zero-order valence-electron chi connectivity index (χ0n) is 16.7. The van der Waals surface area contributed by atoms with Crippen LogP contribution in [0.1, 0.15) is 28.6 Å². The highest BCUT2D eigenvalue weighted by Crippen LogP contribution is 2.29. The van der Waals surface area contributed by atoms with Crippen molar-refractivity contribution < 1.29 is 28.4 Å². The lowest BCUT2D eigenvalue weighted by molar-refractivity contribution is -0.384. The van der Waals surface area contributed by atoms with Crippen molar-refractivity contribution in [2.75, 3.05) is 18.5 Å². The number of amides is 1. The van der Waals surface area contributed by atoms with E-state index in [-0.39, 0.29) is 17.1 Å². The Bertz CT molecular complexity index is 1130. The summed E-state index contributed by atoms with van der Waals surface area (Å²) >= 11 is 0. The molecule has 0 fully saturated rings. The number of aryl methyl sites for hydroxylation is 2. The maximum atomic E-state index is 12.4. The van der Waals surface area contributed by atoms with E-state index in [9.17, 15) is 19.7 Å². The number of ether oxygens (including phenoxy) is 2. The molecule has 3 aromatic rings. The van der Waals surface area contributed by atoms with E-state index in [4.69, 9.17) is 13.9 Å². The second kappa shape index (κ2) is 8.64.